The fourth-order valence-corrected chi connectivity index (χ4v) is 1.69. The summed E-state index contributed by atoms with van der Waals surface area (Å²) in [5.74, 6) is -0.0996. The number of carbonyl (C=O) groups excluding carboxylic acids is 1. The molecule has 0 radical (unpaired) electrons. The van der Waals surface area contributed by atoms with Gasteiger partial charge in [0.15, 0.2) is 0 Å². The Hall–Kier alpha value is -2.11. The van der Waals surface area contributed by atoms with Crippen molar-refractivity contribution < 1.29 is 14.7 Å². The molecule has 0 atom stereocenters. The molecule has 1 rings (SSSR count). The van der Waals surface area contributed by atoms with Gasteiger partial charge in [-0.25, -0.2) is 9.78 Å². The molecule has 1 aromatic heterocycles. The summed E-state index contributed by atoms with van der Waals surface area (Å²) < 4.78 is 0. The summed E-state index contributed by atoms with van der Waals surface area (Å²) in [4.78, 5) is 26.9. The number of nitrogens with zero attached hydrogens (tertiary/aromatic N) is 1. The smallest absolute Gasteiger partial charge is 0.335 e. The van der Waals surface area contributed by atoms with Crippen molar-refractivity contribution in [1.82, 2.24) is 10.3 Å². The lowest BCUT2D eigenvalue weighted by Crippen LogP contribution is -2.28. The molecular formula is C15H23N3O3. The SMILES string of the molecule is CCc1cc(C(=O)O)cc(NCCC(=O)NCC(C)C)n1. The maximum atomic E-state index is 11.6. The van der Waals surface area contributed by atoms with Gasteiger partial charge in [-0.2, -0.15) is 0 Å². The topological polar surface area (TPSA) is 91.3 Å². The largest absolute Gasteiger partial charge is 0.478 e. The zero-order valence-electron chi connectivity index (χ0n) is 12.8. The molecule has 6 nitrogen and oxygen atoms in total. The summed E-state index contributed by atoms with van der Waals surface area (Å²) >= 11 is 0. The highest BCUT2D eigenvalue weighted by molar-refractivity contribution is 5.88. The number of hydrogen-bond donors (Lipinski definition) is 3. The van der Waals surface area contributed by atoms with Gasteiger partial charge < -0.3 is 15.7 Å². The predicted octanol–water partition coefficient (Wildman–Crippen LogP) is 1.92. The van der Waals surface area contributed by atoms with Gasteiger partial charge in [-0.15, -0.1) is 0 Å². The molecule has 0 bridgehead atoms. The van der Waals surface area contributed by atoms with Crippen LogP contribution in [0.4, 0.5) is 5.82 Å². The van der Waals surface area contributed by atoms with E-state index in [-0.39, 0.29) is 11.5 Å². The minimum absolute atomic E-state index is 0.0266. The van der Waals surface area contributed by atoms with Gasteiger partial charge in [0.25, 0.3) is 0 Å². The number of rotatable bonds is 8. The number of carboxylic acid groups (broad SMARTS) is 1. The fourth-order valence-electron chi connectivity index (χ4n) is 1.69. The Balaban J connectivity index is 2.53. The van der Waals surface area contributed by atoms with Crippen molar-refractivity contribution in [2.45, 2.75) is 33.6 Å². The average Bonchev–Trinajstić information content (AvgIpc) is 2.44. The number of aromatic carboxylic acids is 1. The first-order valence-corrected chi connectivity index (χ1v) is 7.17. The maximum Gasteiger partial charge on any atom is 0.335 e. The van der Waals surface area contributed by atoms with Crippen molar-refractivity contribution >= 4 is 17.7 Å². The van der Waals surface area contributed by atoms with E-state index in [4.69, 9.17) is 5.11 Å². The van der Waals surface area contributed by atoms with E-state index in [2.05, 4.69) is 15.6 Å². The molecule has 1 heterocycles. The Bertz CT molecular complexity index is 501. The molecule has 0 aliphatic rings. The summed E-state index contributed by atoms with van der Waals surface area (Å²) in [6, 6.07) is 3.04. The number of carboxylic acids is 1. The van der Waals surface area contributed by atoms with Crippen molar-refractivity contribution in [3.63, 3.8) is 0 Å². The number of aryl methyl sites for hydroxylation is 1. The van der Waals surface area contributed by atoms with Crippen LogP contribution in [0.3, 0.4) is 0 Å². The molecule has 1 amide bonds. The molecular weight excluding hydrogens is 270 g/mol. The Morgan fingerprint density at radius 2 is 2.05 bits per heavy atom. The van der Waals surface area contributed by atoms with Gasteiger partial charge in [-0.05, 0) is 24.5 Å². The van der Waals surface area contributed by atoms with Crippen LogP contribution in [0.25, 0.3) is 0 Å². The van der Waals surface area contributed by atoms with Crippen LogP contribution in [-0.2, 0) is 11.2 Å². The van der Waals surface area contributed by atoms with Crippen molar-refractivity contribution in [3.05, 3.63) is 23.4 Å². The Labute approximate surface area is 125 Å². The monoisotopic (exact) mass is 293 g/mol. The lowest BCUT2D eigenvalue weighted by molar-refractivity contribution is -0.120. The highest BCUT2D eigenvalue weighted by Crippen LogP contribution is 2.11. The van der Waals surface area contributed by atoms with Gasteiger partial charge in [0.05, 0.1) is 5.56 Å². The number of carbonyl (C=O) groups is 2. The van der Waals surface area contributed by atoms with Crippen molar-refractivity contribution in [2.75, 3.05) is 18.4 Å². The minimum atomic E-state index is -0.982. The standard InChI is InChI=1S/C15H23N3O3/c1-4-12-7-11(15(20)21)8-13(18-12)16-6-5-14(19)17-9-10(2)3/h7-8,10H,4-6,9H2,1-3H3,(H,16,18)(H,17,19)(H,20,21). The lowest BCUT2D eigenvalue weighted by atomic mass is 10.2. The van der Waals surface area contributed by atoms with Crippen molar-refractivity contribution in [3.8, 4) is 0 Å². The summed E-state index contributed by atoms with van der Waals surface area (Å²) in [5.41, 5.74) is 0.912. The minimum Gasteiger partial charge on any atom is -0.478 e. The van der Waals surface area contributed by atoms with Crippen LogP contribution in [-0.4, -0.2) is 35.1 Å². The number of pyridine rings is 1. The van der Waals surface area contributed by atoms with E-state index >= 15 is 0 Å². The van der Waals surface area contributed by atoms with Crippen LogP contribution < -0.4 is 10.6 Å². The zero-order chi connectivity index (χ0) is 15.8. The second-order valence-corrected chi connectivity index (χ2v) is 5.27. The van der Waals surface area contributed by atoms with Crippen LogP contribution in [0.1, 0.15) is 43.2 Å². The molecule has 0 aromatic carbocycles. The van der Waals surface area contributed by atoms with E-state index in [1.165, 1.54) is 6.07 Å². The summed E-state index contributed by atoms with van der Waals surface area (Å²) in [7, 11) is 0. The van der Waals surface area contributed by atoms with Crippen molar-refractivity contribution in [2.24, 2.45) is 5.92 Å². The summed E-state index contributed by atoms with van der Waals surface area (Å²) in [6.07, 6.45) is 0.984. The average molecular weight is 293 g/mol. The number of anilines is 1. The third kappa shape index (κ3) is 6.25. The van der Waals surface area contributed by atoms with Gasteiger partial charge in [0, 0.05) is 25.2 Å². The predicted molar refractivity (Wildman–Crippen MR) is 81.5 cm³/mol. The molecule has 0 fully saturated rings. The third-order valence-corrected chi connectivity index (χ3v) is 2.85. The second kappa shape index (κ2) is 8.24. The first-order valence-electron chi connectivity index (χ1n) is 7.17. The molecule has 116 valence electrons. The zero-order valence-corrected chi connectivity index (χ0v) is 12.8. The Morgan fingerprint density at radius 3 is 2.62 bits per heavy atom. The Kier molecular flexibility index (Phi) is 6.65. The van der Waals surface area contributed by atoms with Crippen LogP contribution in [0, 0.1) is 5.92 Å². The van der Waals surface area contributed by atoms with E-state index in [0.29, 0.717) is 43.4 Å². The van der Waals surface area contributed by atoms with Gasteiger partial charge in [0.1, 0.15) is 5.82 Å². The molecule has 0 aliphatic heterocycles. The number of amides is 1. The second-order valence-electron chi connectivity index (χ2n) is 5.27. The normalized spacial score (nSPS) is 10.5. The van der Waals surface area contributed by atoms with Gasteiger partial charge >= 0.3 is 5.97 Å². The molecule has 0 aliphatic carbocycles. The van der Waals surface area contributed by atoms with E-state index in [1.54, 1.807) is 6.07 Å². The van der Waals surface area contributed by atoms with Crippen LogP contribution in [0.15, 0.2) is 12.1 Å². The maximum absolute atomic E-state index is 11.6. The molecule has 0 saturated carbocycles. The quantitative estimate of drug-likeness (QED) is 0.681. The Morgan fingerprint density at radius 1 is 1.33 bits per heavy atom. The molecule has 1 aromatic rings. The molecule has 21 heavy (non-hydrogen) atoms. The molecule has 3 N–H and O–H groups in total. The first kappa shape index (κ1) is 16.9. The fraction of sp³-hybridized carbons (Fsp3) is 0.533. The number of aromatic nitrogens is 1. The molecule has 0 saturated heterocycles. The molecule has 0 spiro atoms. The summed E-state index contributed by atoms with van der Waals surface area (Å²) in [5, 5.41) is 14.9. The first-order chi connectivity index (χ1) is 9.92. The van der Waals surface area contributed by atoms with Crippen LogP contribution >= 0.6 is 0 Å². The van der Waals surface area contributed by atoms with Gasteiger partial charge in [-0.3, -0.25) is 4.79 Å². The number of hydrogen-bond acceptors (Lipinski definition) is 4. The highest BCUT2D eigenvalue weighted by atomic mass is 16.4. The highest BCUT2D eigenvalue weighted by Gasteiger charge is 2.08. The molecule has 0 unspecified atom stereocenters. The van der Waals surface area contributed by atoms with Gasteiger partial charge in [0.2, 0.25) is 5.91 Å². The third-order valence-electron chi connectivity index (χ3n) is 2.85. The van der Waals surface area contributed by atoms with Gasteiger partial charge in [-0.1, -0.05) is 20.8 Å². The van der Waals surface area contributed by atoms with Crippen molar-refractivity contribution in [1.29, 1.82) is 0 Å². The van der Waals surface area contributed by atoms with E-state index in [1.807, 2.05) is 20.8 Å². The van der Waals surface area contributed by atoms with E-state index in [0.717, 1.165) is 0 Å². The van der Waals surface area contributed by atoms with E-state index in [9.17, 15) is 9.59 Å². The van der Waals surface area contributed by atoms with Crippen LogP contribution in [0.5, 0.6) is 0 Å². The van der Waals surface area contributed by atoms with E-state index < -0.39 is 5.97 Å². The summed E-state index contributed by atoms with van der Waals surface area (Å²) in [6.45, 7) is 7.06. The molecule has 6 heteroatoms. The van der Waals surface area contributed by atoms with Crippen LogP contribution in [0.2, 0.25) is 0 Å². The lowest BCUT2D eigenvalue weighted by Gasteiger charge is -2.10. The number of nitrogens with one attached hydrogen (secondary N) is 2.